The van der Waals surface area contributed by atoms with Crippen molar-refractivity contribution in [1.29, 1.82) is 5.26 Å². The van der Waals surface area contributed by atoms with E-state index in [1.807, 2.05) is 19.2 Å². The molecule has 2 aromatic heterocycles. The Labute approximate surface area is 168 Å². The van der Waals surface area contributed by atoms with E-state index in [9.17, 15) is 13.7 Å². The number of hydrogen-bond donors (Lipinski definition) is 0. The highest BCUT2D eigenvalue weighted by molar-refractivity contribution is 7.89. The van der Waals surface area contributed by atoms with Crippen molar-refractivity contribution in [1.82, 2.24) is 9.29 Å². The second kappa shape index (κ2) is 8.52. The number of rotatable bonds is 7. The molecule has 3 aromatic rings. The van der Waals surface area contributed by atoms with E-state index in [-0.39, 0.29) is 4.90 Å². The van der Waals surface area contributed by atoms with Crippen LogP contribution in [-0.2, 0) is 10.0 Å². The zero-order valence-electron chi connectivity index (χ0n) is 15.5. The molecule has 6 nitrogen and oxygen atoms in total. The summed E-state index contributed by atoms with van der Waals surface area (Å²) >= 11 is 1.35. The molecule has 144 valence electrons. The zero-order chi connectivity index (χ0) is 20.1. The first-order chi connectivity index (χ1) is 13.5. The number of hydrogen-bond acceptors (Lipinski definition) is 6. The van der Waals surface area contributed by atoms with Gasteiger partial charge in [-0.2, -0.15) is 9.57 Å². The first-order valence-electron chi connectivity index (χ1n) is 8.71. The number of thiazole rings is 1. The fourth-order valence-corrected chi connectivity index (χ4v) is 4.95. The second-order valence-corrected chi connectivity index (χ2v) is 8.63. The Kier molecular flexibility index (Phi) is 6.09. The number of aromatic nitrogens is 1. The maximum atomic E-state index is 12.6. The third-order valence-electron chi connectivity index (χ3n) is 4.18. The van der Waals surface area contributed by atoms with Crippen LogP contribution in [0.1, 0.15) is 24.6 Å². The van der Waals surface area contributed by atoms with E-state index >= 15 is 0 Å². The van der Waals surface area contributed by atoms with Crippen LogP contribution in [0.4, 0.5) is 0 Å². The molecular weight excluding hydrogens is 394 g/mol. The average Bonchev–Trinajstić information content (AvgIpc) is 3.39. The monoisotopic (exact) mass is 413 g/mol. The number of sulfonamides is 1. The molecule has 3 rings (SSSR count). The van der Waals surface area contributed by atoms with Gasteiger partial charge in [0.15, 0.2) is 0 Å². The largest absolute Gasteiger partial charge is 0.465 e. The van der Waals surface area contributed by atoms with Crippen LogP contribution >= 0.6 is 11.3 Å². The molecule has 2 heterocycles. The highest BCUT2D eigenvalue weighted by Gasteiger charge is 2.21. The molecule has 0 amide bonds. The molecule has 0 saturated carbocycles. The molecule has 0 spiro atoms. The van der Waals surface area contributed by atoms with Gasteiger partial charge in [-0.25, -0.2) is 13.4 Å². The van der Waals surface area contributed by atoms with Crippen molar-refractivity contribution in [3.05, 3.63) is 58.8 Å². The Hall–Kier alpha value is -2.73. The fourth-order valence-electron chi connectivity index (χ4n) is 2.70. The van der Waals surface area contributed by atoms with Crippen molar-refractivity contribution >= 4 is 33.0 Å². The van der Waals surface area contributed by atoms with E-state index < -0.39 is 10.0 Å². The summed E-state index contributed by atoms with van der Waals surface area (Å²) in [5, 5.41) is 11.8. The first kappa shape index (κ1) is 20.0. The van der Waals surface area contributed by atoms with Gasteiger partial charge in [-0.1, -0.05) is 26.0 Å². The molecule has 1 aromatic carbocycles. The summed E-state index contributed by atoms with van der Waals surface area (Å²) < 4.78 is 31.8. The Morgan fingerprint density at radius 2 is 1.96 bits per heavy atom. The lowest BCUT2D eigenvalue weighted by molar-refractivity contribution is 0.445. The standard InChI is InChI=1S/C20H19N3O3S2/c1-3-23(4-2)28(24,25)18-9-7-15(8-10-18)19-14-27-20(22-19)16(13-21)12-17-6-5-11-26-17/h5-12,14H,3-4H2,1-2H3/b16-12+. The van der Waals surface area contributed by atoms with Crippen LogP contribution in [0.3, 0.4) is 0 Å². The van der Waals surface area contributed by atoms with E-state index in [1.54, 1.807) is 48.7 Å². The average molecular weight is 414 g/mol. The summed E-state index contributed by atoms with van der Waals surface area (Å²) in [7, 11) is -3.49. The lowest BCUT2D eigenvalue weighted by Crippen LogP contribution is -2.30. The van der Waals surface area contributed by atoms with Crippen LogP contribution in [0.15, 0.2) is 57.4 Å². The van der Waals surface area contributed by atoms with Crippen LogP contribution in [0, 0.1) is 11.3 Å². The van der Waals surface area contributed by atoms with Crippen molar-refractivity contribution in [2.45, 2.75) is 18.7 Å². The van der Waals surface area contributed by atoms with Crippen molar-refractivity contribution in [2.24, 2.45) is 0 Å². The lowest BCUT2D eigenvalue weighted by Gasteiger charge is -2.18. The second-order valence-electron chi connectivity index (χ2n) is 5.84. The molecule has 0 aliphatic rings. The van der Waals surface area contributed by atoms with E-state index in [0.29, 0.717) is 35.1 Å². The number of furan rings is 1. The van der Waals surface area contributed by atoms with Crippen LogP contribution < -0.4 is 0 Å². The molecule has 28 heavy (non-hydrogen) atoms. The number of nitrogens with zero attached hydrogens (tertiary/aromatic N) is 3. The normalized spacial score (nSPS) is 12.3. The zero-order valence-corrected chi connectivity index (χ0v) is 17.1. The van der Waals surface area contributed by atoms with Crippen molar-refractivity contribution in [3.63, 3.8) is 0 Å². The van der Waals surface area contributed by atoms with Gasteiger partial charge in [-0.3, -0.25) is 0 Å². The summed E-state index contributed by atoms with van der Waals surface area (Å²) in [5.41, 5.74) is 1.88. The molecular formula is C20H19N3O3S2. The van der Waals surface area contributed by atoms with E-state index in [0.717, 1.165) is 5.56 Å². The molecule has 0 N–H and O–H groups in total. The van der Waals surface area contributed by atoms with E-state index in [4.69, 9.17) is 4.42 Å². The van der Waals surface area contributed by atoms with Gasteiger partial charge in [0, 0.05) is 30.1 Å². The predicted octanol–water partition coefficient (Wildman–Crippen LogP) is 4.50. The third-order valence-corrected chi connectivity index (χ3v) is 7.12. The predicted molar refractivity (Wildman–Crippen MR) is 110 cm³/mol. The SMILES string of the molecule is CCN(CC)S(=O)(=O)c1ccc(-c2csc(/C(C#N)=C/c3ccco3)n2)cc1. The lowest BCUT2D eigenvalue weighted by atomic mass is 10.2. The number of allylic oxidation sites excluding steroid dienone is 1. The molecule has 0 atom stereocenters. The van der Waals surface area contributed by atoms with Gasteiger partial charge in [0.25, 0.3) is 0 Å². The Balaban J connectivity index is 1.87. The van der Waals surface area contributed by atoms with Crippen LogP contribution in [0.5, 0.6) is 0 Å². The Morgan fingerprint density at radius 1 is 1.25 bits per heavy atom. The minimum Gasteiger partial charge on any atom is -0.465 e. The van der Waals surface area contributed by atoms with Gasteiger partial charge in [-0.15, -0.1) is 11.3 Å². The highest BCUT2D eigenvalue weighted by Crippen LogP contribution is 2.28. The molecule has 0 radical (unpaired) electrons. The number of nitriles is 1. The Bertz CT molecular complexity index is 1100. The molecule has 0 unspecified atom stereocenters. The van der Waals surface area contributed by atoms with E-state index in [2.05, 4.69) is 11.1 Å². The van der Waals surface area contributed by atoms with Gasteiger partial charge in [0.1, 0.15) is 16.8 Å². The molecule has 0 aliphatic heterocycles. The molecule has 0 bridgehead atoms. The van der Waals surface area contributed by atoms with Crippen LogP contribution in [0.25, 0.3) is 22.9 Å². The van der Waals surface area contributed by atoms with Gasteiger partial charge < -0.3 is 4.42 Å². The maximum Gasteiger partial charge on any atom is 0.243 e. The van der Waals surface area contributed by atoms with Crippen molar-refractivity contribution in [3.8, 4) is 17.3 Å². The minimum atomic E-state index is -3.49. The highest BCUT2D eigenvalue weighted by atomic mass is 32.2. The molecule has 0 fully saturated rings. The summed E-state index contributed by atoms with van der Waals surface area (Å²) in [4.78, 5) is 4.77. The molecule has 0 aliphatic carbocycles. The van der Waals surface area contributed by atoms with Gasteiger partial charge in [-0.05, 0) is 24.3 Å². The quantitative estimate of drug-likeness (QED) is 0.532. The molecule has 8 heteroatoms. The Morgan fingerprint density at radius 3 is 2.54 bits per heavy atom. The van der Waals surface area contributed by atoms with Crippen molar-refractivity contribution < 1.29 is 12.8 Å². The molecule has 0 saturated heterocycles. The fraction of sp³-hybridized carbons (Fsp3) is 0.200. The van der Waals surface area contributed by atoms with Gasteiger partial charge in [0.2, 0.25) is 10.0 Å². The summed E-state index contributed by atoms with van der Waals surface area (Å²) in [5.74, 6) is 0.583. The van der Waals surface area contributed by atoms with Gasteiger partial charge >= 0.3 is 0 Å². The topological polar surface area (TPSA) is 87.2 Å². The summed E-state index contributed by atoms with van der Waals surface area (Å²) in [6.45, 7) is 4.48. The first-order valence-corrected chi connectivity index (χ1v) is 11.0. The summed E-state index contributed by atoms with van der Waals surface area (Å²) in [6.07, 6.45) is 3.18. The third kappa shape index (κ3) is 4.07. The number of benzene rings is 1. The van der Waals surface area contributed by atoms with Crippen LogP contribution in [-0.4, -0.2) is 30.8 Å². The summed E-state index contributed by atoms with van der Waals surface area (Å²) in [6, 6.07) is 12.3. The van der Waals surface area contributed by atoms with Crippen LogP contribution in [0.2, 0.25) is 0 Å². The maximum absolute atomic E-state index is 12.6. The van der Waals surface area contributed by atoms with Crippen molar-refractivity contribution in [2.75, 3.05) is 13.1 Å². The smallest absolute Gasteiger partial charge is 0.243 e. The van der Waals surface area contributed by atoms with Gasteiger partial charge in [0.05, 0.1) is 22.4 Å². The van der Waals surface area contributed by atoms with E-state index in [1.165, 1.54) is 15.6 Å². The minimum absolute atomic E-state index is 0.255.